The van der Waals surface area contributed by atoms with Crippen LogP contribution in [0.25, 0.3) is 32.3 Å². The smallest absolute Gasteiger partial charge is 0.105 e. The van der Waals surface area contributed by atoms with Gasteiger partial charge in [-0.1, -0.05) is 194 Å². The predicted molar refractivity (Wildman–Crippen MR) is 270 cm³/mol. The highest BCUT2D eigenvalue weighted by Crippen LogP contribution is 2.34. The van der Waals surface area contributed by atoms with Crippen molar-refractivity contribution >= 4 is 65.7 Å². The van der Waals surface area contributed by atoms with E-state index in [-0.39, 0.29) is 0 Å². The molecule has 58 heavy (non-hydrogen) atoms. The zero-order chi connectivity index (χ0) is 41.7. The Morgan fingerprint density at radius 2 is 0.655 bits per heavy atom. The molecule has 0 N–H and O–H groups in total. The summed E-state index contributed by atoms with van der Waals surface area (Å²) in [6.07, 6.45) is 13.8. The van der Waals surface area contributed by atoms with Crippen molar-refractivity contribution in [1.82, 2.24) is 0 Å². The molecule has 6 aromatic carbocycles. The summed E-state index contributed by atoms with van der Waals surface area (Å²) in [6.45, 7) is 23.2. The van der Waals surface area contributed by atoms with E-state index in [1.165, 1.54) is 121 Å². The van der Waals surface area contributed by atoms with Crippen molar-refractivity contribution in [1.29, 1.82) is 0 Å². The Hall–Kier alpha value is -3.49. The molecule has 0 aliphatic heterocycles. The van der Waals surface area contributed by atoms with Gasteiger partial charge < -0.3 is 0 Å². The van der Waals surface area contributed by atoms with E-state index in [4.69, 9.17) is 0 Å². The lowest BCUT2D eigenvalue weighted by Crippen LogP contribution is -2.67. The van der Waals surface area contributed by atoms with Crippen LogP contribution in [-0.4, -0.2) is 23.4 Å². The number of rotatable bonds is 19. The van der Waals surface area contributed by atoms with Crippen LogP contribution in [0, 0.1) is 0 Å². The molecule has 0 saturated heterocycles. The van der Waals surface area contributed by atoms with Crippen LogP contribution >= 0.6 is 0 Å². The second-order valence-corrected chi connectivity index (χ2v) is 19.6. The van der Waals surface area contributed by atoms with Crippen LogP contribution in [0.3, 0.4) is 0 Å². The van der Waals surface area contributed by atoms with Gasteiger partial charge in [-0.25, -0.2) is 0 Å². The number of benzene rings is 6. The average Bonchev–Trinajstić information content (AvgIpc) is 3.28. The Morgan fingerprint density at radius 3 is 0.948 bits per heavy atom. The molecule has 0 fully saturated rings. The van der Waals surface area contributed by atoms with Gasteiger partial charge in [-0.2, -0.15) is 22.7 Å². The van der Waals surface area contributed by atoms with Crippen molar-refractivity contribution < 1.29 is 0 Å². The molecular weight excluding hydrogens is 715 g/mol. The number of unbranched alkanes of at least 4 members (excludes halogenated alkanes) is 5. The summed E-state index contributed by atoms with van der Waals surface area (Å²) in [7, 11) is 0.755. The molecule has 0 aliphatic carbocycles. The Kier molecular flexibility index (Phi) is 17.5. The molecule has 0 nitrogen and oxygen atoms in total. The normalized spacial score (nSPS) is 11.8. The maximum atomic E-state index is 2.59. The molecule has 2 heteroatoms. The SMILES string of the molecule is CCCCCCCC[B-](c1ccc(CC)c2c(CC)cccc12)(c1ccc(CC)c2c(CC)cccc12)c1ccc(CC)c2c(CC)cccc12.CC[S+](CC)CC. The third-order valence-corrected chi connectivity index (χ3v) is 16.3. The van der Waals surface area contributed by atoms with E-state index in [2.05, 4.69) is 160 Å². The van der Waals surface area contributed by atoms with Crippen molar-refractivity contribution in [2.75, 3.05) is 17.3 Å². The minimum atomic E-state index is -1.40. The molecule has 310 valence electrons. The lowest BCUT2D eigenvalue weighted by molar-refractivity contribution is 0.623. The first-order valence-corrected chi connectivity index (χ1v) is 25.5. The van der Waals surface area contributed by atoms with Crippen molar-refractivity contribution in [2.45, 2.75) is 153 Å². The number of aryl methyl sites for hydroxylation is 6. The molecule has 0 aliphatic rings. The Bertz CT molecular complexity index is 1960. The first-order valence-electron chi connectivity index (χ1n) is 23.8. The molecule has 6 rings (SSSR count). The molecule has 0 spiro atoms. The van der Waals surface area contributed by atoms with E-state index in [0.717, 1.165) is 55.7 Å². The fourth-order valence-corrected chi connectivity index (χ4v) is 11.8. The summed E-state index contributed by atoms with van der Waals surface area (Å²) in [4.78, 5) is 0. The standard InChI is InChI=1S/C50H62B.C6H15S/c1-8-15-16-17-18-19-35-51(45-32-29-39(12-5)48-36(9-2)23-20-26-42(45)48,46-33-30-40(13-6)49-37(10-3)24-21-27-43(46)49)47-34-31-41(14-7)50-38(11-4)25-22-28-44(47)50;1-4-7(5-2)6-3/h20-34H,8-19,35H2,1-7H3;4-6H2,1-3H3/q-1;+1. The first-order chi connectivity index (χ1) is 28.4. The Morgan fingerprint density at radius 1 is 0.345 bits per heavy atom. The fourth-order valence-electron chi connectivity index (χ4n) is 10.6. The van der Waals surface area contributed by atoms with Gasteiger partial charge in [-0.05, 0) is 120 Å². The summed E-state index contributed by atoms with van der Waals surface area (Å²) >= 11 is 0. The van der Waals surface area contributed by atoms with Crippen LogP contribution in [0.4, 0.5) is 0 Å². The van der Waals surface area contributed by atoms with Crippen LogP contribution in [0.5, 0.6) is 0 Å². The van der Waals surface area contributed by atoms with Crippen molar-refractivity contribution in [2.24, 2.45) is 0 Å². The van der Waals surface area contributed by atoms with Gasteiger partial charge in [0.15, 0.2) is 0 Å². The van der Waals surface area contributed by atoms with Gasteiger partial charge in [0.05, 0.1) is 6.15 Å². The largest absolute Gasteiger partial charge is 0.192 e. The van der Waals surface area contributed by atoms with Gasteiger partial charge in [0, 0.05) is 0 Å². The molecule has 0 aromatic heterocycles. The second kappa shape index (κ2) is 22.2. The van der Waals surface area contributed by atoms with Crippen molar-refractivity contribution in [3.8, 4) is 0 Å². The average molecular weight is 793 g/mol. The van der Waals surface area contributed by atoms with E-state index in [1.807, 2.05) is 0 Å². The third-order valence-electron chi connectivity index (χ3n) is 13.8. The number of hydrogen-bond acceptors (Lipinski definition) is 0. The maximum absolute atomic E-state index is 2.59. The lowest BCUT2D eigenvalue weighted by atomic mass is 9.13. The molecule has 0 radical (unpaired) electrons. The monoisotopic (exact) mass is 793 g/mol. The van der Waals surface area contributed by atoms with Crippen LogP contribution in [0.1, 0.15) is 141 Å². The van der Waals surface area contributed by atoms with Gasteiger partial charge in [-0.3, -0.25) is 0 Å². The van der Waals surface area contributed by atoms with E-state index in [1.54, 1.807) is 16.4 Å². The van der Waals surface area contributed by atoms with Gasteiger partial charge in [0.25, 0.3) is 0 Å². The van der Waals surface area contributed by atoms with Gasteiger partial charge in [0.1, 0.15) is 17.3 Å². The Balaban J connectivity index is 0.000000839. The summed E-state index contributed by atoms with van der Waals surface area (Å²) in [5.41, 5.74) is 13.5. The first kappa shape index (κ1) is 45.6. The minimum Gasteiger partial charge on any atom is -0.192 e. The zero-order valence-corrected chi connectivity index (χ0v) is 39.3. The second-order valence-electron chi connectivity index (χ2n) is 16.7. The highest BCUT2D eigenvalue weighted by molar-refractivity contribution is 7.96. The quantitative estimate of drug-likeness (QED) is 0.0435. The fraction of sp³-hybridized carbons (Fsp3) is 0.464. The van der Waals surface area contributed by atoms with E-state index in [9.17, 15) is 0 Å². The van der Waals surface area contributed by atoms with E-state index < -0.39 is 6.15 Å². The highest BCUT2D eigenvalue weighted by Gasteiger charge is 2.35. The third kappa shape index (κ3) is 9.28. The zero-order valence-electron chi connectivity index (χ0n) is 38.5. The molecule has 0 amide bonds. The predicted octanol–water partition coefficient (Wildman–Crippen LogP) is 14.0. The van der Waals surface area contributed by atoms with Crippen LogP contribution < -0.4 is 16.4 Å². The van der Waals surface area contributed by atoms with Gasteiger partial charge in [-0.15, -0.1) is 0 Å². The summed E-state index contributed by atoms with van der Waals surface area (Å²) in [5, 5.41) is 8.92. The molecule has 0 heterocycles. The summed E-state index contributed by atoms with van der Waals surface area (Å²) in [6, 6.07) is 36.9. The molecule has 0 saturated carbocycles. The number of hydrogen-bond donors (Lipinski definition) is 0. The lowest BCUT2D eigenvalue weighted by Gasteiger charge is -2.46. The molecule has 6 aromatic rings. The summed E-state index contributed by atoms with van der Waals surface area (Å²) < 4.78 is 0. The molecule has 0 bridgehead atoms. The van der Waals surface area contributed by atoms with Crippen molar-refractivity contribution in [3.05, 3.63) is 124 Å². The highest BCUT2D eigenvalue weighted by atomic mass is 32.2. The van der Waals surface area contributed by atoms with Crippen LogP contribution in [0.15, 0.2) is 91.0 Å². The van der Waals surface area contributed by atoms with E-state index in [0.29, 0.717) is 0 Å². The molecule has 0 atom stereocenters. The molecular formula is C56H77BS. The summed E-state index contributed by atoms with van der Waals surface area (Å²) in [5.74, 6) is 4.15. The van der Waals surface area contributed by atoms with Gasteiger partial charge >= 0.3 is 0 Å². The van der Waals surface area contributed by atoms with Gasteiger partial charge in [0.2, 0.25) is 0 Å². The van der Waals surface area contributed by atoms with Crippen molar-refractivity contribution in [3.63, 3.8) is 0 Å². The minimum absolute atomic E-state index is 0.755. The van der Waals surface area contributed by atoms with E-state index >= 15 is 0 Å². The van der Waals surface area contributed by atoms with Crippen LogP contribution in [0.2, 0.25) is 6.32 Å². The topological polar surface area (TPSA) is 0 Å². The number of fused-ring (bicyclic) bond motifs is 3. The molecule has 0 unspecified atom stereocenters. The Labute approximate surface area is 358 Å². The van der Waals surface area contributed by atoms with Crippen LogP contribution in [-0.2, 0) is 49.4 Å². The maximum Gasteiger partial charge on any atom is 0.105 e.